The maximum atomic E-state index is 11.1. The predicted molar refractivity (Wildman–Crippen MR) is 63.3 cm³/mol. The molecule has 0 aliphatic carbocycles. The summed E-state index contributed by atoms with van der Waals surface area (Å²) < 4.78 is 0. The van der Waals surface area contributed by atoms with E-state index in [1.54, 1.807) is 24.3 Å². The van der Waals surface area contributed by atoms with E-state index in [9.17, 15) is 4.79 Å². The molecule has 0 saturated heterocycles. The molecular weight excluding hydrogens is 234 g/mol. The van der Waals surface area contributed by atoms with Crippen LogP contribution in [0.1, 0.15) is 11.6 Å². The van der Waals surface area contributed by atoms with Crippen LogP contribution in [0.4, 0.5) is 0 Å². The molecule has 0 unspecified atom stereocenters. The Labute approximate surface area is 98.9 Å². The van der Waals surface area contributed by atoms with E-state index < -0.39 is 6.04 Å². The standard InChI is InChI=1S/C10H12ClNO2S/c11-8-3-1-2-7(4-8)9(5-13)12-10(14)6-15/h1-4,9,13,15H,5-6H2,(H,12,14)/t9-/m0/s1. The first-order valence-corrected chi connectivity index (χ1v) is 5.45. The highest BCUT2D eigenvalue weighted by Gasteiger charge is 2.12. The molecule has 5 heteroatoms. The monoisotopic (exact) mass is 245 g/mol. The van der Waals surface area contributed by atoms with Crippen molar-refractivity contribution in [2.45, 2.75) is 6.04 Å². The van der Waals surface area contributed by atoms with Crippen LogP contribution in [0, 0.1) is 0 Å². The molecule has 2 N–H and O–H groups in total. The van der Waals surface area contributed by atoms with Crippen molar-refractivity contribution in [1.82, 2.24) is 5.32 Å². The quantitative estimate of drug-likeness (QED) is 0.703. The van der Waals surface area contributed by atoms with Gasteiger partial charge in [-0.1, -0.05) is 23.7 Å². The van der Waals surface area contributed by atoms with Gasteiger partial charge >= 0.3 is 0 Å². The van der Waals surface area contributed by atoms with E-state index >= 15 is 0 Å². The van der Waals surface area contributed by atoms with Gasteiger partial charge in [0, 0.05) is 5.02 Å². The van der Waals surface area contributed by atoms with Crippen molar-refractivity contribution in [1.29, 1.82) is 0 Å². The first kappa shape index (κ1) is 12.4. The molecule has 0 aliphatic heterocycles. The normalized spacial score (nSPS) is 12.2. The number of aliphatic hydroxyl groups excluding tert-OH is 1. The van der Waals surface area contributed by atoms with Gasteiger partial charge in [0.2, 0.25) is 5.91 Å². The van der Waals surface area contributed by atoms with Crippen molar-refractivity contribution >= 4 is 30.1 Å². The summed E-state index contributed by atoms with van der Waals surface area (Å²) in [7, 11) is 0. The van der Waals surface area contributed by atoms with Gasteiger partial charge < -0.3 is 10.4 Å². The third-order valence-electron chi connectivity index (χ3n) is 1.91. The van der Waals surface area contributed by atoms with Gasteiger partial charge in [-0.05, 0) is 17.7 Å². The smallest absolute Gasteiger partial charge is 0.230 e. The van der Waals surface area contributed by atoms with E-state index in [0.29, 0.717) is 5.02 Å². The van der Waals surface area contributed by atoms with Crippen LogP contribution in [-0.4, -0.2) is 23.4 Å². The Morgan fingerprint density at radius 1 is 1.60 bits per heavy atom. The average Bonchev–Trinajstić information content (AvgIpc) is 2.25. The van der Waals surface area contributed by atoms with Crippen molar-refractivity contribution in [3.05, 3.63) is 34.9 Å². The van der Waals surface area contributed by atoms with E-state index in [0.717, 1.165) is 5.56 Å². The molecule has 1 aromatic rings. The Balaban J connectivity index is 2.78. The van der Waals surface area contributed by atoms with Crippen LogP contribution in [0.25, 0.3) is 0 Å². The predicted octanol–water partition coefficient (Wildman–Crippen LogP) is 1.42. The summed E-state index contributed by atoms with van der Waals surface area (Å²) in [5.41, 5.74) is 0.778. The van der Waals surface area contributed by atoms with Gasteiger partial charge in [-0.15, -0.1) is 0 Å². The molecule has 0 aliphatic rings. The molecule has 82 valence electrons. The number of hydrogen-bond acceptors (Lipinski definition) is 3. The summed E-state index contributed by atoms with van der Waals surface area (Å²) in [4.78, 5) is 11.1. The molecule has 1 atom stereocenters. The molecule has 1 amide bonds. The van der Waals surface area contributed by atoms with E-state index in [-0.39, 0.29) is 18.3 Å². The lowest BCUT2D eigenvalue weighted by molar-refractivity contribution is -0.119. The maximum Gasteiger partial charge on any atom is 0.230 e. The molecule has 0 radical (unpaired) electrons. The number of nitrogens with one attached hydrogen (secondary N) is 1. The SMILES string of the molecule is O=C(CS)N[C@@H](CO)c1cccc(Cl)c1. The van der Waals surface area contributed by atoms with Crippen molar-refractivity contribution in [3.63, 3.8) is 0 Å². The van der Waals surface area contributed by atoms with Gasteiger partial charge in [0.15, 0.2) is 0 Å². The number of amides is 1. The Kier molecular flexibility index (Phi) is 4.94. The number of halogens is 1. The molecular formula is C10H12ClNO2S. The maximum absolute atomic E-state index is 11.1. The van der Waals surface area contributed by atoms with Crippen LogP contribution >= 0.6 is 24.2 Å². The van der Waals surface area contributed by atoms with Crippen LogP contribution in [0.5, 0.6) is 0 Å². The molecule has 1 aromatic carbocycles. The third kappa shape index (κ3) is 3.74. The Morgan fingerprint density at radius 3 is 2.87 bits per heavy atom. The number of aliphatic hydroxyl groups is 1. The van der Waals surface area contributed by atoms with Gasteiger partial charge in [-0.25, -0.2) is 0 Å². The van der Waals surface area contributed by atoms with Crippen LogP contribution in [0.3, 0.4) is 0 Å². The molecule has 3 nitrogen and oxygen atoms in total. The van der Waals surface area contributed by atoms with Crippen molar-refractivity contribution < 1.29 is 9.90 Å². The molecule has 15 heavy (non-hydrogen) atoms. The topological polar surface area (TPSA) is 49.3 Å². The molecule has 0 saturated carbocycles. The van der Waals surface area contributed by atoms with Crippen LogP contribution in [-0.2, 0) is 4.79 Å². The summed E-state index contributed by atoms with van der Waals surface area (Å²) in [6, 6.07) is 6.59. The zero-order chi connectivity index (χ0) is 11.3. The summed E-state index contributed by atoms with van der Waals surface area (Å²) in [5, 5.41) is 12.3. The number of benzene rings is 1. The minimum atomic E-state index is -0.427. The fourth-order valence-electron chi connectivity index (χ4n) is 1.20. The summed E-state index contributed by atoms with van der Waals surface area (Å²) in [6.07, 6.45) is 0. The summed E-state index contributed by atoms with van der Waals surface area (Å²) in [5.74, 6) is -0.130. The fourth-order valence-corrected chi connectivity index (χ4v) is 1.49. The van der Waals surface area contributed by atoms with E-state index in [1.807, 2.05) is 0 Å². The summed E-state index contributed by atoms with van der Waals surface area (Å²) >= 11 is 9.65. The molecule has 0 heterocycles. The first-order valence-electron chi connectivity index (χ1n) is 4.44. The van der Waals surface area contributed by atoms with E-state index in [4.69, 9.17) is 16.7 Å². The second-order valence-corrected chi connectivity index (χ2v) is 3.77. The third-order valence-corrected chi connectivity index (χ3v) is 2.43. The number of rotatable bonds is 4. The second-order valence-electron chi connectivity index (χ2n) is 3.02. The first-order chi connectivity index (χ1) is 7.17. The van der Waals surface area contributed by atoms with Crippen molar-refractivity contribution in [2.75, 3.05) is 12.4 Å². The van der Waals surface area contributed by atoms with Crippen molar-refractivity contribution in [3.8, 4) is 0 Å². The number of carbonyl (C=O) groups is 1. The Bertz CT molecular complexity index is 346. The van der Waals surface area contributed by atoms with Gasteiger partial charge in [0.05, 0.1) is 18.4 Å². The fraction of sp³-hybridized carbons (Fsp3) is 0.300. The summed E-state index contributed by atoms with van der Waals surface area (Å²) in [6.45, 7) is -0.167. The molecule has 0 bridgehead atoms. The lowest BCUT2D eigenvalue weighted by Crippen LogP contribution is -2.31. The highest BCUT2D eigenvalue weighted by molar-refractivity contribution is 7.81. The van der Waals surface area contributed by atoms with Crippen LogP contribution < -0.4 is 5.32 Å². The molecule has 0 aromatic heterocycles. The average molecular weight is 246 g/mol. The number of thiol groups is 1. The Morgan fingerprint density at radius 2 is 2.33 bits per heavy atom. The van der Waals surface area contributed by atoms with Crippen molar-refractivity contribution in [2.24, 2.45) is 0 Å². The van der Waals surface area contributed by atoms with Gasteiger partial charge in [0.1, 0.15) is 0 Å². The Hall–Kier alpha value is -0.710. The molecule has 0 spiro atoms. The zero-order valence-electron chi connectivity index (χ0n) is 7.98. The number of carbonyl (C=O) groups excluding carboxylic acids is 1. The molecule has 1 rings (SSSR count). The van der Waals surface area contributed by atoms with Gasteiger partial charge in [-0.2, -0.15) is 12.6 Å². The largest absolute Gasteiger partial charge is 0.394 e. The van der Waals surface area contributed by atoms with Gasteiger partial charge in [-0.3, -0.25) is 4.79 Å². The van der Waals surface area contributed by atoms with E-state index in [1.165, 1.54) is 0 Å². The number of hydrogen-bond donors (Lipinski definition) is 3. The molecule has 0 fully saturated rings. The van der Waals surface area contributed by atoms with E-state index in [2.05, 4.69) is 17.9 Å². The lowest BCUT2D eigenvalue weighted by atomic mass is 10.1. The highest BCUT2D eigenvalue weighted by Crippen LogP contribution is 2.17. The lowest BCUT2D eigenvalue weighted by Gasteiger charge is -2.16. The highest BCUT2D eigenvalue weighted by atomic mass is 35.5. The second kappa shape index (κ2) is 6.00. The minimum Gasteiger partial charge on any atom is -0.394 e. The van der Waals surface area contributed by atoms with Crippen LogP contribution in [0.15, 0.2) is 24.3 Å². The minimum absolute atomic E-state index is 0.0943. The zero-order valence-corrected chi connectivity index (χ0v) is 9.63. The van der Waals surface area contributed by atoms with Crippen LogP contribution in [0.2, 0.25) is 5.02 Å². The van der Waals surface area contributed by atoms with Gasteiger partial charge in [0.25, 0.3) is 0 Å².